The summed E-state index contributed by atoms with van der Waals surface area (Å²) in [7, 11) is 0.251. The standard InChI is InChI=1S/C29H27N2OSi/c1-18-23-11-13-30-17-24(23)19(2)29-26(18)28-27-20(12-14-31(28)3)15-22(16-25(27)32-29)33(4,5)21-9-7-6-8-10-21/h6-17H,1-5H3/q+1. The number of pyridine rings is 2. The molecule has 0 saturated heterocycles. The van der Waals surface area contributed by atoms with Gasteiger partial charge in [-0.25, -0.2) is 4.57 Å². The molecule has 5 aromatic rings. The first kappa shape index (κ1) is 20.1. The normalized spacial score (nSPS) is 12.6. The van der Waals surface area contributed by atoms with Crippen molar-refractivity contribution in [3.8, 4) is 22.8 Å². The van der Waals surface area contributed by atoms with Gasteiger partial charge in [-0.3, -0.25) is 4.98 Å². The highest BCUT2D eigenvalue weighted by molar-refractivity contribution is 7.00. The predicted octanol–water partition coefficient (Wildman–Crippen LogP) is 5.42. The first-order valence-electron chi connectivity index (χ1n) is 11.5. The van der Waals surface area contributed by atoms with Crippen molar-refractivity contribution in [1.82, 2.24) is 4.98 Å². The average Bonchev–Trinajstić information content (AvgIpc) is 2.84. The molecule has 2 aromatic heterocycles. The molecule has 0 fully saturated rings. The van der Waals surface area contributed by atoms with Crippen LogP contribution in [0.25, 0.3) is 32.8 Å². The van der Waals surface area contributed by atoms with E-state index >= 15 is 0 Å². The molecule has 162 valence electrons. The molecule has 0 saturated carbocycles. The molecule has 0 bridgehead atoms. The zero-order chi connectivity index (χ0) is 22.9. The molecule has 1 aliphatic heterocycles. The lowest BCUT2D eigenvalue weighted by Crippen LogP contribution is -2.52. The molecule has 0 spiro atoms. The predicted molar refractivity (Wildman–Crippen MR) is 139 cm³/mol. The quantitative estimate of drug-likeness (QED) is 0.261. The minimum Gasteiger partial charge on any atom is -0.455 e. The highest BCUT2D eigenvalue weighted by Crippen LogP contribution is 2.49. The second kappa shape index (κ2) is 7.00. The van der Waals surface area contributed by atoms with Crippen molar-refractivity contribution in [2.24, 2.45) is 7.05 Å². The molecule has 6 rings (SSSR count). The molecule has 1 aliphatic rings. The van der Waals surface area contributed by atoms with Gasteiger partial charge in [0.15, 0.2) is 6.20 Å². The summed E-state index contributed by atoms with van der Waals surface area (Å²) in [6.45, 7) is 9.20. The van der Waals surface area contributed by atoms with E-state index in [1.54, 1.807) is 0 Å². The molecular weight excluding hydrogens is 420 g/mol. The summed E-state index contributed by atoms with van der Waals surface area (Å²) >= 11 is 0. The Balaban J connectivity index is 1.69. The number of ether oxygens (including phenoxy) is 1. The topological polar surface area (TPSA) is 26.0 Å². The average molecular weight is 448 g/mol. The van der Waals surface area contributed by atoms with Gasteiger partial charge in [0.05, 0.1) is 10.9 Å². The Morgan fingerprint density at radius 3 is 2.45 bits per heavy atom. The van der Waals surface area contributed by atoms with Gasteiger partial charge in [0.1, 0.15) is 26.6 Å². The first-order chi connectivity index (χ1) is 15.9. The summed E-state index contributed by atoms with van der Waals surface area (Å²) in [6.07, 6.45) is 6.02. The highest BCUT2D eigenvalue weighted by Gasteiger charge is 2.34. The van der Waals surface area contributed by atoms with Crippen molar-refractivity contribution in [3.63, 3.8) is 0 Å². The van der Waals surface area contributed by atoms with Crippen molar-refractivity contribution in [2.45, 2.75) is 26.9 Å². The maximum atomic E-state index is 6.78. The SMILES string of the molecule is Cc1c2c(c(C)c3ccncc13)-c1c3c(cc([Si](C)(C)c4ccccc4)cc3cc[n+]1C)O2. The largest absolute Gasteiger partial charge is 0.455 e. The van der Waals surface area contributed by atoms with Crippen LogP contribution in [-0.2, 0) is 7.05 Å². The van der Waals surface area contributed by atoms with E-state index in [2.05, 4.69) is 104 Å². The van der Waals surface area contributed by atoms with Gasteiger partial charge in [-0.15, -0.1) is 0 Å². The molecule has 0 atom stereocenters. The van der Waals surface area contributed by atoms with E-state index < -0.39 is 8.07 Å². The van der Waals surface area contributed by atoms with Gasteiger partial charge < -0.3 is 4.74 Å². The number of rotatable bonds is 2. The fraction of sp³-hybridized carbons (Fsp3) is 0.172. The lowest BCUT2D eigenvalue weighted by Gasteiger charge is -2.28. The summed E-state index contributed by atoms with van der Waals surface area (Å²) in [5.41, 5.74) is 4.81. The van der Waals surface area contributed by atoms with Crippen LogP contribution in [-0.4, -0.2) is 13.1 Å². The van der Waals surface area contributed by atoms with Gasteiger partial charge in [0.25, 0.3) is 0 Å². The zero-order valence-electron chi connectivity index (χ0n) is 19.7. The number of nitrogens with zero attached hydrogens (tertiary/aromatic N) is 2. The van der Waals surface area contributed by atoms with Gasteiger partial charge in [0.2, 0.25) is 5.69 Å². The Morgan fingerprint density at radius 1 is 0.879 bits per heavy atom. The second-order valence-electron chi connectivity index (χ2n) is 9.68. The van der Waals surface area contributed by atoms with E-state index in [0.29, 0.717) is 0 Å². The van der Waals surface area contributed by atoms with Crippen LogP contribution in [0.3, 0.4) is 0 Å². The minimum absolute atomic E-state index is 0.958. The Morgan fingerprint density at radius 2 is 1.67 bits per heavy atom. The molecule has 0 unspecified atom stereocenters. The van der Waals surface area contributed by atoms with Crippen molar-refractivity contribution in [3.05, 3.63) is 84.3 Å². The van der Waals surface area contributed by atoms with Crippen molar-refractivity contribution in [2.75, 3.05) is 0 Å². The van der Waals surface area contributed by atoms with Gasteiger partial charge >= 0.3 is 0 Å². The van der Waals surface area contributed by atoms with E-state index in [9.17, 15) is 0 Å². The lowest BCUT2D eigenvalue weighted by atomic mass is 9.90. The molecule has 0 aliphatic carbocycles. The third-order valence-corrected chi connectivity index (χ3v) is 10.9. The van der Waals surface area contributed by atoms with Crippen LogP contribution >= 0.6 is 0 Å². The fourth-order valence-corrected chi connectivity index (χ4v) is 7.75. The summed E-state index contributed by atoms with van der Waals surface area (Å²) in [5.74, 6) is 1.92. The van der Waals surface area contributed by atoms with Crippen LogP contribution in [0.1, 0.15) is 11.1 Å². The van der Waals surface area contributed by atoms with Crippen LogP contribution in [0.4, 0.5) is 0 Å². The van der Waals surface area contributed by atoms with Crippen LogP contribution in [0.2, 0.25) is 13.1 Å². The molecule has 0 N–H and O–H groups in total. The lowest BCUT2D eigenvalue weighted by molar-refractivity contribution is -0.659. The molecule has 3 nitrogen and oxygen atoms in total. The number of aromatic nitrogens is 2. The summed E-state index contributed by atoms with van der Waals surface area (Å²) < 4.78 is 9.02. The van der Waals surface area contributed by atoms with E-state index in [4.69, 9.17) is 4.74 Å². The Bertz CT molecular complexity index is 1590. The number of aryl methyl sites for hydroxylation is 3. The van der Waals surface area contributed by atoms with Crippen molar-refractivity contribution >= 4 is 40.0 Å². The number of hydrogen-bond donors (Lipinski definition) is 0. The van der Waals surface area contributed by atoms with Gasteiger partial charge in [-0.1, -0.05) is 59.9 Å². The highest BCUT2D eigenvalue weighted by atomic mass is 28.3. The molecule has 3 aromatic carbocycles. The maximum Gasteiger partial charge on any atom is 0.228 e. The summed E-state index contributed by atoms with van der Waals surface area (Å²) in [4.78, 5) is 4.39. The van der Waals surface area contributed by atoms with Crippen LogP contribution < -0.4 is 19.7 Å². The van der Waals surface area contributed by atoms with Gasteiger partial charge in [0, 0.05) is 29.4 Å². The van der Waals surface area contributed by atoms with Gasteiger partial charge in [-0.05, 0) is 42.3 Å². The third kappa shape index (κ3) is 2.80. The van der Waals surface area contributed by atoms with Crippen molar-refractivity contribution in [1.29, 1.82) is 0 Å². The van der Waals surface area contributed by atoms with E-state index in [-0.39, 0.29) is 0 Å². The number of fused-ring (bicyclic) bond motifs is 3. The van der Waals surface area contributed by atoms with Crippen LogP contribution in [0.5, 0.6) is 11.5 Å². The Labute approximate surface area is 195 Å². The molecular formula is C29H27N2OSi+. The molecule has 4 heteroatoms. The van der Waals surface area contributed by atoms with E-state index in [1.807, 2.05) is 12.4 Å². The summed E-state index contributed by atoms with van der Waals surface area (Å²) in [6, 6.07) is 19.9. The molecule has 0 radical (unpaired) electrons. The Kier molecular flexibility index (Phi) is 4.27. The van der Waals surface area contributed by atoms with Crippen LogP contribution in [0, 0.1) is 13.8 Å². The monoisotopic (exact) mass is 447 g/mol. The third-order valence-electron chi connectivity index (χ3n) is 7.44. The maximum absolute atomic E-state index is 6.78. The number of benzene rings is 3. The minimum atomic E-state index is -1.88. The molecule has 33 heavy (non-hydrogen) atoms. The fourth-order valence-electron chi connectivity index (χ4n) is 5.39. The number of hydrogen-bond acceptors (Lipinski definition) is 2. The molecule has 3 heterocycles. The first-order valence-corrected chi connectivity index (χ1v) is 14.5. The second-order valence-corrected chi connectivity index (χ2v) is 14.1. The van der Waals surface area contributed by atoms with E-state index in [0.717, 1.165) is 22.4 Å². The molecule has 0 amide bonds. The smallest absolute Gasteiger partial charge is 0.228 e. The zero-order valence-corrected chi connectivity index (χ0v) is 20.7. The van der Waals surface area contributed by atoms with Gasteiger partial charge in [-0.2, -0.15) is 0 Å². The van der Waals surface area contributed by atoms with E-state index in [1.165, 1.54) is 43.4 Å². The Hall–Kier alpha value is -3.50. The van der Waals surface area contributed by atoms with Crippen molar-refractivity contribution < 1.29 is 9.30 Å². The summed E-state index contributed by atoms with van der Waals surface area (Å²) in [5, 5.41) is 7.64. The van der Waals surface area contributed by atoms with Crippen LogP contribution in [0.15, 0.2) is 73.2 Å².